The van der Waals surface area contributed by atoms with E-state index < -0.39 is 5.91 Å². The minimum Gasteiger partial charge on any atom is -0.492 e. The molecule has 0 fully saturated rings. The van der Waals surface area contributed by atoms with Gasteiger partial charge in [-0.1, -0.05) is 23.7 Å². The second-order valence-corrected chi connectivity index (χ2v) is 5.93. The lowest BCUT2D eigenvalue weighted by molar-refractivity contribution is -0.112. The van der Waals surface area contributed by atoms with Gasteiger partial charge in [-0.3, -0.25) is 4.79 Å². The minimum atomic E-state index is -0.556. The summed E-state index contributed by atoms with van der Waals surface area (Å²) in [5.41, 5.74) is 0.937. The summed E-state index contributed by atoms with van der Waals surface area (Å²) in [5, 5.41) is 12.5. The molecule has 0 heterocycles. The summed E-state index contributed by atoms with van der Waals surface area (Å²) in [6.07, 6.45) is 1.44. The summed E-state index contributed by atoms with van der Waals surface area (Å²) in [6.45, 7) is 4.56. The number of para-hydroxylation sites is 2. The van der Waals surface area contributed by atoms with Crippen LogP contribution in [0.5, 0.6) is 17.2 Å². The number of methoxy groups -OCH3 is 1. The van der Waals surface area contributed by atoms with E-state index in [1.54, 1.807) is 36.4 Å². The van der Waals surface area contributed by atoms with Gasteiger partial charge >= 0.3 is 0 Å². The maximum absolute atomic E-state index is 12.6. The van der Waals surface area contributed by atoms with Gasteiger partial charge in [-0.2, -0.15) is 5.26 Å². The highest BCUT2D eigenvalue weighted by Gasteiger charge is 2.15. The Labute approximate surface area is 169 Å². The Morgan fingerprint density at radius 2 is 1.86 bits per heavy atom. The zero-order chi connectivity index (χ0) is 20.5. The van der Waals surface area contributed by atoms with Crippen molar-refractivity contribution < 1.29 is 19.0 Å². The zero-order valence-corrected chi connectivity index (χ0v) is 16.7. The van der Waals surface area contributed by atoms with Crippen LogP contribution in [0.2, 0.25) is 5.02 Å². The molecule has 0 saturated carbocycles. The van der Waals surface area contributed by atoms with Gasteiger partial charge in [0.05, 0.1) is 31.0 Å². The molecule has 0 saturated heterocycles. The van der Waals surface area contributed by atoms with E-state index in [9.17, 15) is 10.1 Å². The number of carbonyl (C=O) groups excluding carboxylic acids is 1. The molecule has 0 bridgehead atoms. The molecule has 0 aliphatic heterocycles. The van der Waals surface area contributed by atoms with Crippen molar-refractivity contribution in [1.82, 2.24) is 0 Å². The molecule has 0 unspecified atom stereocenters. The van der Waals surface area contributed by atoms with Gasteiger partial charge in [-0.05, 0) is 49.8 Å². The molecule has 0 aromatic heterocycles. The molecule has 146 valence electrons. The first-order valence-corrected chi connectivity index (χ1v) is 9.07. The van der Waals surface area contributed by atoms with Crippen LogP contribution >= 0.6 is 11.6 Å². The van der Waals surface area contributed by atoms with E-state index in [0.29, 0.717) is 46.7 Å². The van der Waals surface area contributed by atoms with Gasteiger partial charge in [0.2, 0.25) is 0 Å². The van der Waals surface area contributed by atoms with Crippen LogP contribution in [0.1, 0.15) is 19.4 Å². The number of hydrogen-bond donors (Lipinski definition) is 1. The largest absolute Gasteiger partial charge is 0.492 e. The number of nitrogens with one attached hydrogen (secondary N) is 1. The van der Waals surface area contributed by atoms with Crippen LogP contribution < -0.4 is 19.5 Å². The van der Waals surface area contributed by atoms with Crippen LogP contribution in [0.4, 0.5) is 5.69 Å². The van der Waals surface area contributed by atoms with Gasteiger partial charge in [0, 0.05) is 0 Å². The fourth-order valence-electron chi connectivity index (χ4n) is 2.49. The molecular formula is C21H21ClN2O4. The number of amides is 1. The summed E-state index contributed by atoms with van der Waals surface area (Å²) < 4.78 is 16.3. The number of rotatable bonds is 8. The van der Waals surface area contributed by atoms with Crippen molar-refractivity contribution in [1.29, 1.82) is 5.26 Å². The van der Waals surface area contributed by atoms with Crippen LogP contribution in [-0.2, 0) is 4.79 Å². The van der Waals surface area contributed by atoms with Crippen molar-refractivity contribution in [3.05, 3.63) is 52.6 Å². The van der Waals surface area contributed by atoms with Crippen molar-refractivity contribution in [2.24, 2.45) is 0 Å². The Bertz CT molecular complexity index is 919. The maximum atomic E-state index is 12.6. The Hall–Kier alpha value is -3.17. The van der Waals surface area contributed by atoms with Crippen LogP contribution in [0.25, 0.3) is 6.08 Å². The third-order valence-corrected chi connectivity index (χ3v) is 3.93. The standard InChI is InChI=1S/C21H21ClN2O4/c1-4-27-18-9-7-6-8-17(18)24-21(25)15(13-23)10-14-11-16(22)20(26-3)19(12-14)28-5-2/h6-12H,4-5H2,1-3H3,(H,24,25)/b15-10+. The van der Waals surface area contributed by atoms with Gasteiger partial charge in [0.15, 0.2) is 11.5 Å². The minimum absolute atomic E-state index is 0.0880. The van der Waals surface area contributed by atoms with Crippen molar-refractivity contribution in [2.75, 3.05) is 25.6 Å². The number of carbonyl (C=O) groups is 1. The van der Waals surface area contributed by atoms with E-state index >= 15 is 0 Å². The van der Waals surface area contributed by atoms with Crippen molar-refractivity contribution in [3.8, 4) is 23.3 Å². The quantitative estimate of drug-likeness (QED) is 0.513. The van der Waals surface area contributed by atoms with Gasteiger partial charge < -0.3 is 19.5 Å². The lowest BCUT2D eigenvalue weighted by atomic mass is 10.1. The van der Waals surface area contributed by atoms with E-state index in [1.165, 1.54) is 13.2 Å². The highest BCUT2D eigenvalue weighted by Crippen LogP contribution is 2.37. The molecule has 0 atom stereocenters. The van der Waals surface area contributed by atoms with Crippen molar-refractivity contribution in [2.45, 2.75) is 13.8 Å². The summed E-state index contributed by atoms with van der Waals surface area (Å²) >= 11 is 6.23. The van der Waals surface area contributed by atoms with Crippen LogP contribution in [0.3, 0.4) is 0 Å². The number of hydrogen-bond acceptors (Lipinski definition) is 5. The number of ether oxygens (including phenoxy) is 3. The fraction of sp³-hybridized carbons (Fsp3) is 0.238. The first-order chi connectivity index (χ1) is 13.5. The van der Waals surface area contributed by atoms with E-state index in [0.717, 1.165) is 0 Å². The number of benzene rings is 2. The lowest BCUT2D eigenvalue weighted by Gasteiger charge is -2.12. The Morgan fingerprint density at radius 1 is 1.18 bits per heavy atom. The molecule has 0 spiro atoms. The molecule has 2 rings (SSSR count). The summed E-state index contributed by atoms with van der Waals surface area (Å²) in [7, 11) is 1.49. The van der Waals surface area contributed by atoms with Crippen LogP contribution in [-0.4, -0.2) is 26.2 Å². The van der Waals surface area contributed by atoms with E-state index in [1.807, 2.05) is 19.9 Å². The van der Waals surface area contributed by atoms with Crippen molar-refractivity contribution >= 4 is 29.3 Å². The highest BCUT2D eigenvalue weighted by molar-refractivity contribution is 6.32. The zero-order valence-electron chi connectivity index (χ0n) is 15.9. The third-order valence-electron chi connectivity index (χ3n) is 3.65. The second-order valence-electron chi connectivity index (χ2n) is 5.52. The molecular weight excluding hydrogens is 380 g/mol. The Balaban J connectivity index is 2.33. The van der Waals surface area contributed by atoms with Gasteiger partial charge in [0.1, 0.15) is 17.4 Å². The lowest BCUT2D eigenvalue weighted by Crippen LogP contribution is -2.14. The number of anilines is 1. The van der Waals surface area contributed by atoms with Crippen molar-refractivity contribution in [3.63, 3.8) is 0 Å². The van der Waals surface area contributed by atoms with Crippen LogP contribution in [0.15, 0.2) is 42.0 Å². The maximum Gasteiger partial charge on any atom is 0.266 e. The molecule has 0 aliphatic carbocycles. The normalized spacial score (nSPS) is 10.8. The third kappa shape index (κ3) is 5.18. The summed E-state index contributed by atoms with van der Waals surface area (Å²) in [4.78, 5) is 12.6. The predicted octanol–water partition coefficient (Wildman–Crippen LogP) is 4.69. The topological polar surface area (TPSA) is 80.6 Å². The van der Waals surface area contributed by atoms with E-state index in [4.69, 9.17) is 25.8 Å². The number of nitrogens with zero attached hydrogens (tertiary/aromatic N) is 1. The molecule has 7 heteroatoms. The first-order valence-electron chi connectivity index (χ1n) is 8.69. The highest BCUT2D eigenvalue weighted by atomic mass is 35.5. The SMILES string of the molecule is CCOc1ccccc1NC(=O)/C(C#N)=C/c1cc(Cl)c(OC)c(OCC)c1. The molecule has 6 nitrogen and oxygen atoms in total. The summed E-state index contributed by atoms with van der Waals surface area (Å²) in [6, 6.07) is 12.2. The van der Waals surface area contributed by atoms with E-state index in [2.05, 4.69) is 5.32 Å². The fourth-order valence-corrected chi connectivity index (χ4v) is 2.78. The number of nitriles is 1. The molecule has 1 amide bonds. The first kappa shape index (κ1) is 21.1. The van der Waals surface area contributed by atoms with Gasteiger partial charge in [-0.15, -0.1) is 0 Å². The second kappa shape index (κ2) is 10.2. The van der Waals surface area contributed by atoms with E-state index in [-0.39, 0.29) is 5.57 Å². The van der Waals surface area contributed by atoms with Gasteiger partial charge in [-0.25, -0.2) is 0 Å². The molecule has 28 heavy (non-hydrogen) atoms. The monoisotopic (exact) mass is 400 g/mol. The molecule has 1 N–H and O–H groups in total. The van der Waals surface area contributed by atoms with Crippen LogP contribution in [0, 0.1) is 11.3 Å². The average Bonchev–Trinajstić information content (AvgIpc) is 2.68. The summed E-state index contributed by atoms with van der Waals surface area (Å²) in [5.74, 6) is 0.804. The molecule has 0 aliphatic rings. The predicted molar refractivity (Wildman–Crippen MR) is 109 cm³/mol. The Morgan fingerprint density at radius 3 is 2.50 bits per heavy atom. The molecule has 2 aromatic rings. The van der Waals surface area contributed by atoms with Gasteiger partial charge in [0.25, 0.3) is 5.91 Å². The smallest absolute Gasteiger partial charge is 0.266 e. The number of halogens is 1. The Kier molecular flexibility index (Phi) is 7.73. The molecule has 2 aromatic carbocycles. The average molecular weight is 401 g/mol. The molecule has 0 radical (unpaired) electrons.